The topological polar surface area (TPSA) is 0 Å². The van der Waals surface area contributed by atoms with Crippen LogP contribution in [0.1, 0.15) is 155 Å². The average molecular weight is 870 g/mol. The summed E-state index contributed by atoms with van der Waals surface area (Å²) in [4.78, 5) is 0. The minimum absolute atomic E-state index is 0.0189. The SMILES string of the molecule is CCC1(C)C2=Cc3c(-c4cc(C(C)(C)C)cc(C(C)(C)C)c4)cccc3[CH]2[Hf]([CH3])([CH3])[CH]2C1=Cc1c(-c3cc(C(C)(C)C)cc(C(C)(C)C)c3)cccc12. The molecule has 0 saturated carbocycles. The molecule has 1 heteroatoms. The molecule has 4 aromatic carbocycles. The summed E-state index contributed by atoms with van der Waals surface area (Å²) in [5.41, 5.74) is 21.3. The van der Waals surface area contributed by atoms with Crippen molar-refractivity contribution in [3.05, 3.63) is 128 Å². The second-order valence-corrected chi connectivity index (χ2v) is 39.0. The van der Waals surface area contributed by atoms with Gasteiger partial charge in [-0.25, -0.2) is 0 Å². The number of hydrogen-bond donors (Lipinski definition) is 0. The van der Waals surface area contributed by atoms with Gasteiger partial charge < -0.3 is 0 Å². The van der Waals surface area contributed by atoms with Crippen molar-refractivity contribution in [2.45, 2.75) is 142 Å². The molecule has 0 nitrogen and oxygen atoms in total. The van der Waals surface area contributed by atoms with Crippen LogP contribution in [0.25, 0.3) is 34.4 Å². The molecular weight excluding hydrogens is 803 g/mol. The third kappa shape index (κ3) is 6.28. The van der Waals surface area contributed by atoms with Gasteiger partial charge in [-0.1, -0.05) is 0 Å². The van der Waals surface area contributed by atoms with Gasteiger partial charge in [0.2, 0.25) is 0 Å². The quantitative estimate of drug-likeness (QED) is 0.180. The Balaban J connectivity index is 1.43. The Kier molecular flexibility index (Phi) is 8.98. The molecule has 0 spiro atoms. The third-order valence-electron chi connectivity index (χ3n) is 13.5. The maximum atomic E-state index is 2.79. The number of benzene rings is 4. The summed E-state index contributed by atoms with van der Waals surface area (Å²) >= 11 is -3.21. The van der Waals surface area contributed by atoms with E-state index < -0.39 is 20.0 Å². The molecule has 0 radical (unpaired) electrons. The molecule has 3 aliphatic rings. The number of hydrogen-bond acceptors (Lipinski definition) is 0. The van der Waals surface area contributed by atoms with Crippen LogP contribution in [0, 0.1) is 5.41 Å². The Morgan fingerprint density at radius 3 is 1.11 bits per heavy atom. The van der Waals surface area contributed by atoms with Gasteiger partial charge in [-0.05, 0) is 0 Å². The Labute approximate surface area is 327 Å². The predicted octanol–water partition coefficient (Wildman–Crippen LogP) is 15.5. The second kappa shape index (κ2) is 12.4. The molecule has 0 bridgehead atoms. The third-order valence-corrected chi connectivity index (χ3v) is 28.7. The predicted molar refractivity (Wildman–Crippen MR) is 230 cm³/mol. The van der Waals surface area contributed by atoms with Crippen LogP contribution in [0.3, 0.4) is 0 Å². The molecule has 1 fully saturated rings. The number of fused-ring (bicyclic) bond motifs is 6. The first-order valence-corrected chi connectivity index (χ1v) is 31.7. The Bertz CT molecular complexity index is 1970. The standard InChI is InChI=1S/C50H60.2CH3.Hf/c1-15-50(14,40-22-32-18-16-20-42(44(32)30-40)34-24-36(46(2,3)4)28-37(25-34)47(5,6)7)41-23-33-19-17-21-43(45(33)31-41)35-26-38(48(8,9)10)29-39(27-35)49(11,12)13;;;/h16-31H,15H2,1-14H3;2*1H3;. The van der Waals surface area contributed by atoms with E-state index in [0.29, 0.717) is 7.35 Å². The van der Waals surface area contributed by atoms with Gasteiger partial charge in [0.1, 0.15) is 0 Å². The van der Waals surface area contributed by atoms with Crippen LogP contribution in [-0.4, -0.2) is 0 Å². The molecular formula is C52H66Hf. The molecule has 2 atom stereocenters. The zero-order chi connectivity index (χ0) is 38.8. The molecule has 53 heavy (non-hydrogen) atoms. The molecule has 0 aromatic heterocycles. The van der Waals surface area contributed by atoms with E-state index in [9.17, 15) is 0 Å². The Morgan fingerprint density at radius 2 is 0.830 bits per heavy atom. The van der Waals surface area contributed by atoms with E-state index in [1.807, 2.05) is 0 Å². The molecule has 0 amide bonds. The summed E-state index contributed by atoms with van der Waals surface area (Å²) in [6, 6.07) is 29.5. The molecule has 1 heterocycles. The van der Waals surface area contributed by atoms with Crippen molar-refractivity contribution < 1.29 is 20.0 Å². The van der Waals surface area contributed by atoms with Crippen LogP contribution in [0.5, 0.6) is 0 Å². The van der Waals surface area contributed by atoms with Crippen LogP contribution in [0.4, 0.5) is 0 Å². The fraction of sp³-hybridized carbons (Fsp3) is 0.462. The van der Waals surface area contributed by atoms with E-state index in [4.69, 9.17) is 0 Å². The number of rotatable bonds is 3. The van der Waals surface area contributed by atoms with Gasteiger partial charge in [0, 0.05) is 0 Å². The fourth-order valence-electron chi connectivity index (χ4n) is 9.91. The maximum absolute atomic E-state index is 3.21. The molecule has 1 aliphatic heterocycles. The van der Waals surface area contributed by atoms with Crippen molar-refractivity contribution in [1.29, 1.82) is 0 Å². The van der Waals surface area contributed by atoms with Crippen molar-refractivity contribution in [1.82, 2.24) is 0 Å². The molecule has 7 rings (SSSR count). The molecule has 0 N–H and O–H groups in total. The van der Waals surface area contributed by atoms with E-state index >= 15 is 0 Å². The molecule has 4 aromatic rings. The normalized spacial score (nSPS) is 22.1. The van der Waals surface area contributed by atoms with Gasteiger partial charge in [-0.3, -0.25) is 0 Å². The van der Waals surface area contributed by atoms with Crippen LogP contribution >= 0.6 is 0 Å². The molecule has 278 valence electrons. The summed E-state index contributed by atoms with van der Waals surface area (Å²) in [5, 5.41) is 0. The van der Waals surface area contributed by atoms with Gasteiger partial charge in [0.05, 0.1) is 0 Å². The summed E-state index contributed by atoms with van der Waals surface area (Å²) in [6.45, 7) is 33.3. The summed E-state index contributed by atoms with van der Waals surface area (Å²) in [5.74, 6) is 0. The summed E-state index contributed by atoms with van der Waals surface area (Å²) in [7, 11) is 0. The zero-order valence-electron chi connectivity index (χ0n) is 35.9. The van der Waals surface area contributed by atoms with E-state index in [1.165, 1.54) is 55.6 Å². The van der Waals surface area contributed by atoms with Gasteiger partial charge >= 0.3 is 330 Å². The monoisotopic (exact) mass is 870 g/mol. The van der Waals surface area contributed by atoms with Gasteiger partial charge in [0.25, 0.3) is 0 Å². The van der Waals surface area contributed by atoms with Crippen LogP contribution in [0.2, 0.25) is 9.36 Å². The van der Waals surface area contributed by atoms with Crippen LogP contribution < -0.4 is 0 Å². The van der Waals surface area contributed by atoms with E-state index in [1.54, 1.807) is 22.3 Å². The Hall–Kier alpha value is -2.77. The fourth-order valence-corrected chi connectivity index (χ4v) is 27.3. The summed E-state index contributed by atoms with van der Waals surface area (Å²) in [6.07, 6.45) is 6.52. The molecule has 1 saturated heterocycles. The first kappa shape index (κ1) is 38.5. The minimum atomic E-state index is -3.21. The van der Waals surface area contributed by atoms with Crippen LogP contribution in [-0.2, 0) is 41.6 Å². The van der Waals surface area contributed by atoms with Gasteiger partial charge in [-0.15, -0.1) is 0 Å². The number of allylic oxidation sites excluding steroid dienone is 2. The van der Waals surface area contributed by atoms with E-state index in [-0.39, 0.29) is 27.1 Å². The van der Waals surface area contributed by atoms with Crippen molar-refractivity contribution in [2.24, 2.45) is 5.41 Å². The van der Waals surface area contributed by atoms with E-state index in [2.05, 4.69) is 191 Å². The van der Waals surface area contributed by atoms with Crippen molar-refractivity contribution >= 4 is 12.2 Å². The van der Waals surface area contributed by atoms with Gasteiger partial charge in [-0.2, -0.15) is 0 Å². The van der Waals surface area contributed by atoms with Crippen molar-refractivity contribution in [3.8, 4) is 22.3 Å². The van der Waals surface area contributed by atoms with Gasteiger partial charge in [0.15, 0.2) is 0 Å². The first-order chi connectivity index (χ1) is 24.4. The second-order valence-electron chi connectivity index (χ2n) is 21.8. The molecule has 2 aliphatic carbocycles. The van der Waals surface area contributed by atoms with Crippen molar-refractivity contribution in [2.75, 3.05) is 0 Å². The Morgan fingerprint density at radius 1 is 0.509 bits per heavy atom. The summed E-state index contributed by atoms with van der Waals surface area (Å²) < 4.78 is 6.73. The van der Waals surface area contributed by atoms with Crippen LogP contribution in [0.15, 0.2) is 83.9 Å². The van der Waals surface area contributed by atoms with Crippen molar-refractivity contribution in [3.63, 3.8) is 0 Å². The zero-order valence-corrected chi connectivity index (χ0v) is 39.5. The molecule has 2 unspecified atom stereocenters. The first-order valence-electron chi connectivity index (χ1n) is 20.4. The van der Waals surface area contributed by atoms with E-state index in [0.717, 1.165) is 6.42 Å². The average Bonchev–Trinajstić information content (AvgIpc) is 3.67.